The molecule has 0 saturated carbocycles. The van der Waals surface area contributed by atoms with Gasteiger partial charge in [0.1, 0.15) is 22.5 Å². The van der Waals surface area contributed by atoms with Crippen LogP contribution in [0.2, 0.25) is 5.02 Å². The minimum atomic E-state index is -0.877. The average Bonchev–Trinajstić information content (AvgIpc) is 3.05. The van der Waals surface area contributed by atoms with E-state index in [1.165, 1.54) is 0 Å². The Bertz CT molecular complexity index is 1190. The van der Waals surface area contributed by atoms with Gasteiger partial charge in [-0.25, -0.2) is 0 Å². The molecule has 2 aliphatic rings. The van der Waals surface area contributed by atoms with Crippen molar-refractivity contribution in [2.24, 2.45) is 5.92 Å². The highest BCUT2D eigenvalue weighted by molar-refractivity contribution is 6.30. The van der Waals surface area contributed by atoms with Crippen LogP contribution in [0.4, 0.5) is 5.69 Å². The molecular weight excluding hydrogens is 422 g/mol. The molecule has 1 N–H and O–H groups in total. The molecule has 0 aromatic heterocycles. The third-order valence-corrected chi connectivity index (χ3v) is 6.99. The molecule has 2 heterocycles. The average molecular weight is 448 g/mol. The quantitative estimate of drug-likeness (QED) is 0.533. The molecule has 1 spiro atoms. The van der Waals surface area contributed by atoms with E-state index < -0.39 is 11.0 Å². The highest BCUT2D eigenvalue weighted by Crippen LogP contribution is 2.58. The lowest BCUT2D eigenvalue weighted by Crippen LogP contribution is -2.58. The first kappa shape index (κ1) is 20.9. The highest BCUT2D eigenvalue weighted by Gasteiger charge is 2.62. The van der Waals surface area contributed by atoms with Crippen LogP contribution in [-0.2, 0) is 16.6 Å². The van der Waals surface area contributed by atoms with Gasteiger partial charge >= 0.3 is 0 Å². The van der Waals surface area contributed by atoms with Crippen molar-refractivity contribution in [3.05, 3.63) is 88.4 Å². The zero-order valence-corrected chi connectivity index (χ0v) is 19.2. The summed E-state index contributed by atoms with van der Waals surface area (Å²) < 4.78 is 12.3. The first-order valence-electron chi connectivity index (χ1n) is 11.0. The summed E-state index contributed by atoms with van der Waals surface area (Å²) in [5.41, 5.74) is 2.34. The van der Waals surface area contributed by atoms with Crippen molar-refractivity contribution in [1.29, 1.82) is 0 Å². The van der Waals surface area contributed by atoms with Gasteiger partial charge < -0.3 is 14.8 Å². The number of hydrogen-bond donors (Lipinski definition) is 1. The number of halogens is 1. The maximum Gasteiger partial charge on any atom is 0.240 e. The number of hydrogen-bond acceptors (Lipinski definition) is 3. The van der Waals surface area contributed by atoms with E-state index in [1.807, 2.05) is 67.6 Å². The molecule has 0 bridgehead atoms. The molecule has 164 valence electrons. The Morgan fingerprint density at radius 1 is 1.03 bits per heavy atom. The summed E-state index contributed by atoms with van der Waals surface area (Å²) in [4.78, 5) is 13.9. The smallest absolute Gasteiger partial charge is 0.240 e. The van der Waals surface area contributed by atoms with Crippen LogP contribution in [0.3, 0.4) is 0 Å². The van der Waals surface area contributed by atoms with Crippen LogP contribution in [-0.4, -0.2) is 18.1 Å². The van der Waals surface area contributed by atoms with Crippen LogP contribution < -0.4 is 14.8 Å². The molecule has 0 radical (unpaired) electrons. The lowest BCUT2D eigenvalue weighted by Gasteiger charge is -2.50. The molecular formula is C27H26ClNO3. The summed E-state index contributed by atoms with van der Waals surface area (Å²) >= 11 is 6.13. The number of fused-ring (bicyclic) bond motifs is 4. The Morgan fingerprint density at radius 2 is 1.78 bits per heavy atom. The fourth-order valence-electron chi connectivity index (χ4n) is 5.38. The summed E-state index contributed by atoms with van der Waals surface area (Å²) in [5, 5.41) is 3.85. The van der Waals surface area contributed by atoms with E-state index in [4.69, 9.17) is 21.1 Å². The topological polar surface area (TPSA) is 47.6 Å². The number of anilines is 1. The molecule has 0 aliphatic carbocycles. The normalized spacial score (nSPS) is 22.6. The van der Waals surface area contributed by atoms with E-state index in [2.05, 4.69) is 25.2 Å². The summed E-state index contributed by atoms with van der Waals surface area (Å²) in [7, 11) is 0. The number of carbonyl (C=O) groups excluding carboxylic acids is 1. The fourth-order valence-corrected chi connectivity index (χ4v) is 5.51. The van der Waals surface area contributed by atoms with Gasteiger partial charge in [-0.3, -0.25) is 4.79 Å². The lowest BCUT2D eigenvalue weighted by atomic mass is 9.58. The number of nitrogens with one attached hydrogen (secondary N) is 1. The third-order valence-electron chi connectivity index (χ3n) is 6.74. The lowest BCUT2D eigenvalue weighted by molar-refractivity contribution is -0.126. The zero-order valence-electron chi connectivity index (χ0n) is 18.4. The van der Waals surface area contributed by atoms with Crippen molar-refractivity contribution in [3.8, 4) is 11.5 Å². The van der Waals surface area contributed by atoms with Gasteiger partial charge in [0.05, 0.1) is 6.61 Å². The van der Waals surface area contributed by atoms with Crippen LogP contribution in [0.15, 0.2) is 66.7 Å². The van der Waals surface area contributed by atoms with Gasteiger partial charge in [0.2, 0.25) is 5.91 Å². The molecule has 0 saturated heterocycles. The Kier molecular flexibility index (Phi) is 4.94. The monoisotopic (exact) mass is 447 g/mol. The second-order valence-electron chi connectivity index (χ2n) is 8.99. The minimum absolute atomic E-state index is 0.0144. The van der Waals surface area contributed by atoms with Crippen molar-refractivity contribution in [2.45, 2.75) is 38.2 Å². The van der Waals surface area contributed by atoms with E-state index in [0.29, 0.717) is 23.8 Å². The predicted octanol–water partition coefficient (Wildman–Crippen LogP) is 6.01. The summed E-state index contributed by atoms with van der Waals surface area (Å²) in [5.74, 6) is 1.27. The predicted molar refractivity (Wildman–Crippen MR) is 127 cm³/mol. The first-order valence-corrected chi connectivity index (χ1v) is 11.4. The largest absolute Gasteiger partial charge is 0.494 e. The van der Waals surface area contributed by atoms with Crippen molar-refractivity contribution in [2.75, 3.05) is 11.9 Å². The van der Waals surface area contributed by atoms with E-state index in [9.17, 15) is 4.79 Å². The Morgan fingerprint density at radius 3 is 2.53 bits per heavy atom. The van der Waals surface area contributed by atoms with Gasteiger partial charge in [-0.15, -0.1) is 0 Å². The highest BCUT2D eigenvalue weighted by atomic mass is 35.5. The van der Waals surface area contributed by atoms with Crippen LogP contribution in [0.25, 0.3) is 0 Å². The molecule has 2 aliphatic heterocycles. The molecule has 3 aromatic rings. The molecule has 0 fully saturated rings. The van der Waals surface area contributed by atoms with Crippen molar-refractivity contribution >= 4 is 23.2 Å². The van der Waals surface area contributed by atoms with E-state index in [-0.39, 0.29) is 11.8 Å². The standard InChI is InChI=1S/C27H26ClNO3/c1-4-31-19-13-14-21-23(16-19)32-26(2,3)24(15-17-9-11-18(28)12-10-17)27(21)20-7-5-6-8-22(20)29-25(27)30/h5-14,16,24H,4,15H2,1-3H3,(H,29,30)/t24?,27-/m1/s1. The number of carbonyl (C=O) groups is 1. The molecule has 32 heavy (non-hydrogen) atoms. The van der Waals surface area contributed by atoms with E-state index >= 15 is 0 Å². The van der Waals surface area contributed by atoms with Crippen molar-refractivity contribution in [3.63, 3.8) is 0 Å². The maximum atomic E-state index is 13.9. The summed E-state index contributed by atoms with van der Waals surface area (Å²) in [6.45, 7) is 6.66. The maximum absolute atomic E-state index is 13.9. The molecule has 1 unspecified atom stereocenters. The fraction of sp³-hybridized carbons (Fsp3) is 0.296. The Labute approximate surface area is 193 Å². The van der Waals surface area contributed by atoms with Crippen molar-refractivity contribution in [1.82, 2.24) is 0 Å². The van der Waals surface area contributed by atoms with Crippen LogP contribution in [0.1, 0.15) is 37.5 Å². The SMILES string of the molecule is CCOc1ccc2c(c1)OC(C)(C)C(Cc1ccc(Cl)cc1)[C@]21C(=O)Nc2ccccc21. The van der Waals surface area contributed by atoms with Gasteiger partial charge in [-0.05, 0) is 62.6 Å². The molecule has 2 atom stereocenters. The first-order chi connectivity index (χ1) is 15.4. The minimum Gasteiger partial charge on any atom is -0.494 e. The second kappa shape index (κ2) is 7.56. The Balaban J connectivity index is 1.75. The number of benzene rings is 3. The van der Waals surface area contributed by atoms with Gasteiger partial charge in [0, 0.05) is 28.3 Å². The summed E-state index contributed by atoms with van der Waals surface area (Å²) in [6.07, 6.45) is 0.665. The van der Waals surface area contributed by atoms with Gasteiger partial charge in [0.25, 0.3) is 0 Å². The van der Waals surface area contributed by atoms with E-state index in [1.54, 1.807) is 0 Å². The molecule has 5 heteroatoms. The van der Waals surface area contributed by atoms with Crippen LogP contribution >= 0.6 is 11.6 Å². The van der Waals surface area contributed by atoms with Crippen LogP contribution in [0, 0.1) is 5.92 Å². The van der Waals surface area contributed by atoms with Gasteiger partial charge in [0.15, 0.2) is 0 Å². The number of ether oxygens (including phenoxy) is 2. The number of amides is 1. The second-order valence-corrected chi connectivity index (χ2v) is 9.42. The van der Waals surface area contributed by atoms with E-state index in [0.717, 1.165) is 28.1 Å². The zero-order chi connectivity index (χ0) is 22.5. The van der Waals surface area contributed by atoms with Crippen LogP contribution in [0.5, 0.6) is 11.5 Å². The number of rotatable bonds is 4. The molecule has 5 rings (SSSR count). The van der Waals surface area contributed by atoms with Crippen molar-refractivity contribution < 1.29 is 14.3 Å². The molecule has 1 amide bonds. The third kappa shape index (κ3) is 3.08. The molecule has 3 aromatic carbocycles. The molecule has 4 nitrogen and oxygen atoms in total. The van der Waals surface area contributed by atoms with Gasteiger partial charge in [-0.2, -0.15) is 0 Å². The Hall–Kier alpha value is -2.98. The summed E-state index contributed by atoms with van der Waals surface area (Å²) in [6, 6.07) is 21.7. The number of para-hydroxylation sites is 1. The van der Waals surface area contributed by atoms with Gasteiger partial charge in [-0.1, -0.05) is 48.0 Å².